The Morgan fingerprint density at radius 3 is 2.45 bits per heavy atom. The molecule has 0 aliphatic rings. The topological polar surface area (TPSA) is 59.6 Å². The van der Waals surface area contributed by atoms with Crippen molar-refractivity contribution in [2.24, 2.45) is 0 Å². The SMILES string of the molecule is CNCCCC(=O)Nc1cc(OC)c(Cl)cc1OC.Cl. The third-order valence-electron chi connectivity index (χ3n) is 2.58. The number of ether oxygens (including phenoxy) is 2. The predicted octanol–water partition coefficient (Wildman–Crippen LogP) is 2.72. The molecule has 1 rings (SSSR count). The highest BCUT2D eigenvalue weighted by atomic mass is 35.5. The van der Waals surface area contributed by atoms with E-state index in [1.807, 2.05) is 7.05 Å². The zero-order valence-corrected chi connectivity index (χ0v) is 13.4. The van der Waals surface area contributed by atoms with E-state index in [1.54, 1.807) is 12.1 Å². The first kappa shape index (κ1) is 18.8. The maximum atomic E-state index is 11.8. The summed E-state index contributed by atoms with van der Waals surface area (Å²) < 4.78 is 10.3. The number of carbonyl (C=O) groups is 1. The van der Waals surface area contributed by atoms with Gasteiger partial charge in [-0.3, -0.25) is 4.79 Å². The minimum atomic E-state index is -0.0714. The van der Waals surface area contributed by atoms with Gasteiger partial charge < -0.3 is 20.1 Å². The lowest BCUT2D eigenvalue weighted by Gasteiger charge is -2.13. The van der Waals surface area contributed by atoms with Crippen LogP contribution in [-0.4, -0.2) is 33.7 Å². The van der Waals surface area contributed by atoms with Crippen molar-refractivity contribution in [1.29, 1.82) is 0 Å². The predicted molar refractivity (Wildman–Crippen MR) is 83.6 cm³/mol. The zero-order valence-electron chi connectivity index (χ0n) is 11.8. The van der Waals surface area contributed by atoms with Crippen LogP contribution in [0.2, 0.25) is 5.02 Å². The molecule has 0 aliphatic heterocycles. The van der Waals surface area contributed by atoms with E-state index in [4.69, 9.17) is 21.1 Å². The van der Waals surface area contributed by atoms with Gasteiger partial charge in [0.15, 0.2) is 0 Å². The van der Waals surface area contributed by atoms with Crippen LogP contribution in [0.25, 0.3) is 0 Å². The summed E-state index contributed by atoms with van der Waals surface area (Å²) in [6.45, 7) is 0.800. The van der Waals surface area contributed by atoms with E-state index in [2.05, 4.69) is 10.6 Å². The third-order valence-corrected chi connectivity index (χ3v) is 2.87. The average molecular weight is 323 g/mol. The first-order chi connectivity index (χ1) is 9.12. The number of benzene rings is 1. The van der Waals surface area contributed by atoms with Gasteiger partial charge in [0.1, 0.15) is 11.5 Å². The number of methoxy groups -OCH3 is 2. The maximum absolute atomic E-state index is 11.8. The second-order valence-corrected chi connectivity index (χ2v) is 4.35. The van der Waals surface area contributed by atoms with Gasteiger partial charge in [-0.05, 0) is 20.0 Å². The Hall–Kier alpha value is -1.17. The molecule has 0 radical (unpaired) electrons. The minimum absolute atomic E-state index is 0. The smallest absolute Gasteiger partial charge is 0.224 e. The monoisotopic (exact) mass is 322 g/mol. The summed E-state index contributed by atoms with van der Waals surface area (Å²) in [6, 6.07) is 3.26. The normalized spacial score (nSPS) is 9.60. The first-order valence-electron chi connectivity index (χ1n) is 5.98. The van der Waals surface area contributed by atoms with Crippen molar-refractivity contribution in [3.05, 3.63) is 17.2 Å². The molecule has 7 heteroatoms. The van der Waals surface area contributed by atoms with Crippen LogP contribution in [0.3, 0.4) is 0 Å². The number of rotatable bonds is 7. The Labute approximate surface area is 130 Å². The Morgan fingerprint density at radius 2 is 1.90 bits per heavy atom. The number of hydrogen-bond acceptors (Lipinski definition) is 4. The molecule has 0 saturated heterocycles. The van der Waals surface area contributed by atoms with Crippen LogP contribution < -0.4 is 20.1 Å². The van der Waals surface area contributed by atoms with Crippen molar-refractivity contribution in [2.75, 3.05) is 33.1 Å². The van der Waals surface area contributed by atoms with Gasteiger partial charge in [0.2, 0.25) is 5.91 Å². The number of halogens is 2. The molecule has 0 unspecified atom stereocenters. The molecule has 20 heavy (non-hydrogen) atoms. The van der Waals surface area contributed by atoms with Crippen LogP contribution in [0.15, 0.2) is 12.1 Å². The maximum Gasteiger partial charge on any atom is 0.224 e. The minimum Gasteiger partial charge on any atom is -0.495 e. The van der Waals surface area contributed by atoms with Crippen LogP contribution in [0.1, 0.15) is 12.8 Å². The summed E-state index contributed by atoms with van der Waals surface area (Å²) in [7, 11) is 4.89. The molecule has 5 nitrogen and oxygen atoms in total. The van der Waals surface area contributed by atoms with E-state index in [-0.39, 0.29) is 18.3 Å². The Balaban J connectivity index is 0.00000361. The van der Waals surface area contributed by atoms with E-state index in [1.165, 1.54) is 14.2 Å². The highest BCUT2D eigenvalue weighted by molar-refractivity contribution is 6.32. The highest BCUT2D eigenvalue weighted by Gasteiger charge is 2.12. The Morgan fingerprint density at radius 1 is 1.25 bits per heavy atom. The Bertz CT molecular complexity index is 442. The van der Waals surface area contributed by atoms with Gasteiger partial charge in [0.05, 0.1) is 24.9 Å². The average Bonchev–Trinajstić information content (AvgIpc) is 2.40. The molecule has 1 aromatic rings. The number of hydrogen-bond donors (Lipinski definition) is 2. The first-order valence-corrected chi connectivity index (χ1v) is 6.36. The van der Waals surface area contributed by atoms with Gasteiger partial charge in [-0.2, -0.15) is 0 Å². The van der Waals surface area contributed by atoms with Crippen molar-refractivity contribution < 1.29 is 14.3 Å². The molecule has 1 amide bonds. The number of carbonyl (C=O) groups excluding carboxylic acids is 1. The van der Waals surface area contributed by atoms with Gasteiger partial charge in [0, 0.05) is 18.6 Å². The van der Waals surface area contributed by atoms with Crippen LogP contribution in [0.4, 0.5) is 5.69 Å². The summed E-state index contributed by atoms with van der Waals surface area (Å²) >= 11 is 5.99. The fourth-order valence-electron chi connectivity index (χ4n) is 1.60. The van der Waals surface area contributed by atoms with Gasteiger partial charge in [-0.25, -0.2) is 0 Å². The molecule has 0 bridgehead atoms. The molecule has 0 saturated carbocycles. The molecule has 1 aromatic carbocycles. The summed E-state index contributed by atoms with van der Waals surface area (Å²) in [5.74, 6) is 0.929. The molecule has 0 fully saturated rings. The molecule has 0 aromatic heterocycles. The fourth-order valence-corrected chi connectivity index (χ4v) is 1.83. The lowest BCUT2D eigenvalue weighted by Crippen LogP contribution is -2.15. The Kier molecular flexibility index (Phi) is 9.12. The van der Waals surface area contributed by atoms with Crippen LogP contribution >= 0.6 is 24.0 Å². The summed E-state index contributed by atoms with van der Waals surface area (Å²) in [4.78, 5) is 11.8. The van der Waals surface area contributed by atoms with Crippen molar-refractivity contribution in [2.45, 2.75) is 12.8 Å². The van der Waals surface area contributed by atoms with Crippen molar-refractivity contribution >= 4 is 35.6 Å². The van der Waals surface area contributed by atoms with E-state index in [0.29, 0.717) is 28.6 Å². The standard InChI is InChI=1S/C13H19ClN2O3.ClH/c1-15-6-4-5-13(17)16-10-8-11(18-2)9(14)7-12(10)19-3;/h7-8,15H,4-6H2,1-3H3,(H,16,17);1H. The van der Waals surface area contributed by atoms with E-state index < -0.39 is 0 Å². The van der Waals surface area contributed by atoms with Crippen molar-refractivity contribution in [3.63, 3.8) is 0 Å². The molecule has 0 atom stereocenters. The zero-order chi connectivity index (χ0) is 14.3. The summed E-state index contributed by atoms with van der Waals surface area (Å²) in [5, 5.41) is 6.22. The van der Waals surface area contributed by atoms with Gasteiger partial charge in [-0.1, -0.05) is 11.6 Å². The fraction of sp³-hybridized carbons (Fsp3) is 0.462. The van der Waals surface area contributed by atoms with Crippen LogP contribution in [0.5, 0.6) is 11.5 Å². The molecule has 0 aliphatic carbocycles. The molecule has 114 valence electrons. The van der Waals surface area contributed by atoms with Crippen molar-refractivity contribution in [1.82, 2.24) is 5.32 Å². The van der Waals surface area contributed by atoms with E-state index in [9.17, 15) is 4.79 Å². The number of anilines is 1. The number of nitrogens with one attached hydrogen (secondary N) is 2. The summed E-state index contributed by atoms with van der Waals surface area (Å²) in [5.41, 5.74) is 0.554. The number of amides is 1. The second kappa shape index (κ2) is 9.69. The van der Waals surface area contributed by atoms with Gasteiger partial charge >= 0.3 is 0 Å². The van der Waals surface area contributed by atoms with Crippen LogP contribution in [-0.2, 0) is 4.79 Å². The molecule has 0 spiro atoms. The van der Waals surface area contributed by atoms with Gasteiger partial charge in [-0.15, -0.1) is 12.4 Å². The lowest BCUT2D eigenvalue weighted by molar-refractivity contribution is -0.116. The lowest BCUT2D eigenvalue weighted by atomic mass is 10.2. The molecular weight excluding hydrogens is 303 g/mol. The molecule has 0 heterocycles. The quantitative estimate of drug-likeness (QED) is 0.758. The third kappa shape index (κ3) is 5.45. The highest BCUT2D eigenvalue weighted by Crippen LogP contribution is 2.35. The van der Waals surface area contributed by atoms with Gasteiger partial charge in [0.25, 0.3) is 0 Å². The van der Waals surface area contributed by atoms with E-state index in [0.717, 1.165) is 13.0 Å². The van der Waals surface area contributed by atoms with Crippen molar-refractivity contribution in [3.8, 4) is 11.5 Å². The largest absolute Gasteiger partial charge is 0.495 e. The van der Waals surface area contributed by atoms with E-state index >= 15 is 0 Å². The molecule has 2 N–H and O–H groups in total. The van der Waals surface area contributed by atoms with Crippen LogP contribution in [0, 0.1) is 0 Å². The summed E-state index contributed by atoms with van der Waals surface area (Å²) in [6.07, 6.45) is 1.21. The second-order valence-electron chi connectivity index (χ2n) is 3.94. The molecular formula is C13H20Cl2N2O3.